The van der Waals surface area contributed by atoms with Gasteiger partial charge in [0.2, 0.25) is 17.7 Å². The van der Waals surface area contributed by atoms with Gasteiger partial charge in [0.15, 0.2) is 0 Å². The van der Waals surface area contributed by atoms with E-state index in [2.05, 4.69) is 4.98 Å². The number of anilines is 2. The summed E-state index contributed by atoms with van der Waals surface area (Å²) in [5.41, 5.74) is 16.0. The van der Waals surface area contributed by atoms with Gasteiger partial charge >= 0.3 is 0 Å². The van der Waals surface area contributed by atoms with Crippen LogP contribution < -0.4 is 26.8 Å². The summed E-state index contributed by atoms with van der Waals surface area (Å²) in [6.07, 6.45) is 0. The van der Waals surface area contributed by atoms with Gasteiger partial charge in [0.25, 0.3) is 0 Å². The van der Waals surface area contributed by atoms with E-state index in [1.807, 2.05) is 20.8 Å². The molecule has 1 aromatic rings. The largest absolute Gasteiger partial charge is 0.470 e. The predicted octanol–water partition coefficient (Wildman–Crippen LogP) is -0.382. The van der Waals surface area contributed by atoms with Crippen LogP contribution in [0.3, 0.4) is 0 Å². The zero-order valence-electron chi connectivity index (χ0n) is 12.4. The summed E-state index contributed by atoms with van der Waals surface area (Å²) in [7, 11) is 0. The zero-order chi connectivity index (χ0) is 16.2. The van der Waals surface area contributed by atoms with Crippen LogP contribution in [0.4, 0.5) is 11.5 Å². The number of nitrogens with zero attached hydrogens (tertiary/aromatic N) is 2. The van der Waals surface area contributed by atoms with Crippen LogP contribution in [0.15, 0.2) is 12.1 Å². The molecule has 0 aliphatic rings. The molecule has 8 nitrogen and oxygen atoms in total. The van der Waals surface area contributed by atoms with Gasteiger partial charge in [-0.15, -0.1) is 0 Å². The third-order valence-electron chi connectivity index (χ3n) is 2.30. The van der Waals surface area contributed by atoms with Crippen molar-refractivity contribution in [3.8, 4) is 5.88 Å². The van der Waals surface area contributed by atoms with Gasteiger partial charge in [0, 0.05) is 0 Å². The minimum atomic E-state index is -0.604. The number of aromatic nitrogens is 1. The number of amides is 2. The molecule has 0 radical (unpaired) electrons. The summed E-state index contributed by atoms with van der Waals surface area (Å²) >= 11 is 0. The highest BCUT2D eigenvalue weighted by atomic mass is 16.5. The van der Waals surface area contributed by atoms with Gasteiger partial charge in [-0.05, 0) is 32.9 Å². The molecule has 6 N–H and O–H groups in total. The lowest BCUT2D eigenvalue weighted by Crippen LogP contribution is -2.40. The van der Waals surface area contributed by atoms with E-state index < -0.39 is 17.4 Å². The van der Waals surface area contributed by atoms with Crippen LogP contribution in [0.25, 0.3) is 0 Å². The number of carbonyl (C=O) groups excluding carboxylic acids is 2. The molecule has 1 aromatic heterocycles. The minimum absolute atomic E-state index is 0.186. The maximum absolute atomic E-state index is 11.1. The molecule has 0 saturated carbocycles. The second kappa shape index (κ2) is 6.29. The highest BCUT2D eigenvalue weighted by molar-refractivity contribution is 5.84. The lowest BCUT2D eigenvalue weighted by Gasteiger charge is -2.24. The highest BCUT2D eigenvalue weighted by Gasteiger charge is 2.19. The number of carbonyl (C=O) groups is 2. The van der Waals surface area contributed by atoms with Gasteiger partial charge in [-0.1, -0.05) is 0 Å². The number of ether oxygens (including phenoxy) is 1. The Morgan fingerprint density at radius 2 is 1.71 bits per heavy atom. The van der Waals surface area contributed by atoms with Crippen molar-refractivity contribution < 1.29 is 14.3 Å². The number of primary amides is 2. The molecule has 0 unspecified atom stereocenters. The summed E-state index contributed by atoms with van der Waals surface area (Å²) in [5, 5.41) is 0. The molecule has 0 saturated heterocycles. The third-order valence-corrected chi connectivity index (χ3v) is 2.30. The molecule has 0 aliphatic carbocycles. The van der Waals surface area contributed by atoms with Crippen molar-refractivity contribution in [3.63, 3.8) is 0 Å². The van der Waals surface area contributed by atoms with Crippen LogP contribution in [0.5, 0.6) is 5.88 Å². The number of pyridine rings is 1. The van der Waals surface area contributed by atoms with Crippen molar-refractivity contribution in [3.05, 3.63) is 12.1 Å². The number of nitrogens with two attached hydrogens (primary N) is 3. The summed E-state index contributed by atoms with van der Waals surface area (Å²) in [5.74, 6) is -0.652. The number of hydrogen-bond donors (Lipinski definition) is 3. The molecule has 1 rings (SSSR count). The van der Waals surface area contributed by atoms with Crippen molar-refractivity contribution in [2.24, 2.45) is 11.5 Å². The quantitative estimate of drug-likeness (QED) is 0.654. The van der Waals surface area contributed by atoms with E-state index in [9.17, 15) is 9.59 Å². The summed E-state index contributed by atoms with van der Waals surface area (Å²) < 4.78 is 5.64. The van der Waals surface area contributed by atoms with Crippen molar-refractivity contribution in [2.45, 2.75) is 26.4 Å². The van der Waals surface area contributed by atoms with Crippen LogP contribution in [0.1, 0.15) is 20.8 Å². The molecule has 0 atom stereocenters. The van der Waals surface area contributed by atoms with Gasteiger partial charge < -0.3 is 26.8 Å². The van der Waals surface area contributed by atoms with Crippen molar-refractivity contribution >= 4 is 23.3 Å². The van der Waals surface area contributed by atoms with E-state index in [1.54, 1.807) is 12.1 Å². The van der Waals surface area contributed by atoms with E-state index in [0.29, 0.717) is 11.5 Å². The van der Waals surface area contributed by atoms with E-state index in [1.165, 1.54) is 4.90 Å². The SMILES string of the molecule is CC(C)(C)Oc1nc(N(CC(N)=O)CC(N)=O)ccc1N. The standard InChI is InChI=1S/C13H21N5O3/c1-13(2,3)21-12-8(14)4-5-11(17-12)18(6-9(15)19)7-10(16)20/h4-5H,6-7,14H2,1-3H3,(H2,15,19)(H2,16,20). The minimum Gasteiger partial charge on any atom is -0.470 e. The molecule has 0 bridgehead atoms. The second-order valence-electron chi connectivity index (χ2n) is 5.57. The zero-order valence-corrected chi connectivity index (χ0v) is 12.4. The van der Waals surface area contributed by atoms with Crippen molar-refractivity contribution in [1.29, 1.82) is 0 Å². The fourth-order valence-corrected chi connectivity index (χ4v) is 1.58. The molecule has 2 amide bonds. The number of rotatable bonds is 6. The summed E-state index contributed by atoms with van der Waals surface area (Å²) in [6, 6.07) is 3.15. The van der Waals surface area contributed by atoms with E-state index in [0.717, 1.165) is 0 Å². The van der Waals surface area contributed by atoms with Crippen LogP contribution in [-0.4, -0.2) is 35.5 Å². The van der Waals surface area contributed by atoms with E-state index in [-0.39, 0.29) is 19.0 Å². The Labute approximate surface area is 123 Å². The molecule has 1 heterocycles. The molecule has 8 heteroatoms. The topological polar surface area (TPSA) is 138 Å². The predicted molar refractivity (Wildman–Crippen MR) is 79.6 cm³/mol. The Balaban J connectivity index is 3.11. The van der Waals surface area contributed by atoms with E-state index >= 15 is 0 Å². The number of hydrogen-bond acceptors (Lipinski definition) is 6. The third kappa shape index (κ3) is 5.55. The highest BCUT2D eigenvalue weighted by Crippen LogP contribution is 2.26. The molecule has 0 spiro atoms. The van der Waals surface area contributed by atoms with Crippen molar-refractivity contribution in [1.82, 2.24) is 4.98 Å². The first kappa shape index (κ1) is 16.5. The average Bonchev–Trinajstić information content (AvgIpc) is 2.28. The van der Waals surface area contributed by atoms with Gasteiger partial charge in [-0.2, -0.15) is 4.98 Å². The monoisotopic (exact) mass is 295 g/mol. The molecule has 0 aliphatic heterocycles. The molecular formula is C13H21N5O3. The first-order valence-corrected chi connectivity index (χ1v) is 6.35. The molecule has 116 valence electrons. The maximum Gasteiger partial charge on any atom is 0.239 e. The Kier molecular flexibility index (Phi) is 4.96. The Hall–Kier alpha value is -2.51. The Morgan fingerprint density at radius 1 is 1.19 bits per heavy atom. The second-order valence-corrected chi connectivity index (χ2v) is 5.57. The summed E-state index contributed by atoms with van der Waals surface area (Å²) in [4.78, 5) is 27.8. The normalized spacial score (nSPS) is 11.0. The van der Waals surface area contributed by atoms with Crippen LogP contribution >= 0.6 is 0 Å². The van der Waals surface area contributed by atoms with Gasteiger partial charge in [-0.3, -0.25) is 9.59 Å². The van der Waals surface area contributed by atoms with Gasteiger partial charge in [-0.25, -0.2) is 0 Å². The molecule has 21 heavy (non-hydrogen) atoms. The number of nitrogen functional groups attached to an aromatic ring is 1. The first-order chi connectivity index (χ1) is 9.58. The van der Waals surface area contributed by atoms with Crippen molar-refractivity contribution in [2.75, 3.05) is 23.7 Å². The van der Waals surface area contributed by atoms with Gasteiger partial charge in [0.05, 0.1) is 18.8 Å². The summed E-state index contributed by atoms with van der Waals surface area (Å²) in [6.45, 7) is 5.19. The average molecular weight is 295 g/mol. The van der Waals surface area contributed by atoms with Crippen LogP contribution in [0.2, 0.25) is 0 Å². The molecule has 0 fully saturated rings. The lowest BCUT2D eigenvalue weighted by atomic mass is 10.2. The first-order valence-electron chi connectivity index (χ1n) is 6.35. The van der Waals surface area contributed by atoms with Crippen LogP contribution in [0, 0.1) is 0 Å². The fraction of sp³-hybridized carbons (Fsp3) is 0.462. The Morgan fingerprint density at radius 3 is 2.14 bits per heavy atom. The smallest absolute Gasteiger partial charge is 0.239 e. The van der Waals surface area contributed by atoms with E-state index in [4.69, 9.17) is 21.9 Å². The van der Waals surface area contributed by atoms with Crippen LogP contribution in [-0.2, 0) is 9.59 Å². The Bertz CT molecular complexity index is 523. The molecule has 0 aromatic carbocycles. The fourth-order valence-electron chi connectivity index (χ4n) is 1.58. The molecular weight excluding hydrogens is 274 g/mol. The maximum atomic E-state index is 11.1. The van der Waals surface area contributed by atoms with Gasteiger partial charge in [0.1, 0.15) is 11.4 Å². The lowest BCUT2D eigenvalue weighted by molar-refractivity contribution is -0.117.